The third-order valence-electron chi connectivity index (χ3n) is 4.23. The highest BCUT2D eigenvalue weighted by molar-refractivity contribution is 8.00. The number of carboxylic acids is 2. The van der Waals surface area contributed by atoms with Crippen LogP contribution in [0.3, 0.4) is 0 Å². The largest absolute Gasteiger partial charge is 0.479 e. The highest BCUT2D eigenvalue weighted by Gasteiger charge is 2.54. The second-order valence-electron chi connectivity index (χ2n) is 6.19. The quantitative estimate of drug-likeness (QED) is 0.302. The highest BCUT2D eigenvalue weighted by Crippen LogP contribution is 2.40. The first-order valence-corrected chi connectivity index (χ1v) is 10.3. The maximum absolute atomic E-state index is 12.6. The normalized spacial score (nSPS) is 21.3. The van der Waals surface area contributed by atoms with Crippen molar-refractivity contribution in [2.45, 2.75) is 24.8 Å². The molecular formula is C17H17N3O7S2. The van der Waals surface area contributed by atoms with E-state index >= 15 is 0 Å². The molecule has 2 aliphatic rings. The molecule has 0 saturated carbocycles. The van der Waals surface area contributed by atoms with Gasteiger partial charge in [0.2, 0.25) is 12.5 Å². The van der Waals surface area contributed by atoms with Crippen LogP contribution in [-0.2, 0) is 30.4 Å². The van der Waals surface area contributed by atoms with E-state index in [1.807, 2.05) is 17.5 Å². The summed E-state index contributed by atoms with van der Waals surface area (Å²) in [5.41, 5.74) is 0.205. The monoisotopic (exact) mass is 439 g/mol. The third-order valence-corrected chi connectivity index (χ3v) is 6.38. The van der Waals surface area contributed by atoms with Crippen LogP contribution in [0.4, 0.5) is 0 Å². The van der Waals surface area contributed by atoms with Crippen molar-refractivity contribution in [1.82, 2.24) is 10.2 Å². The molecule has 10 nitrogen and oxygen atoms in total. The fourth-order valence-corrected chi connectivity index (χ4v) is 5.05. The lowest BCUT2D eigenvalue weighted by Crippen LogP contribution is -2.70. The van der Waals surface area contributed by atoms with E-state index in [2.05, 4.69) is 15.3 Å². The van der Waals surface area contributed by atoms with Crippen LogP contribution >= 0.6 is 23.1 Å². The number of rotatable bonds is 8. The molecule has 29 heavy (non-hydrogen) atoms. The Morgan fingerprint density at radius 2 is 2.14 bits per heavy atom. The number of amides is 2. The number of carbonyl (C=O) groups is 4. The molecule has 0 unspecified atom stereocenters. The summed E-state index contributed by atoms with van der Waals surface area (Å²) in [4.78, 5) is 53.7. The molecule has 0 aliphatic carbocycles. The molecule has 2 amide bonds. The van der Waals surface area contributed by atoms with E-state index in [4.69, 9.17) is 5.11 Å². The number of carboxylic acid groups (broad SMARTS) is 2. The first-order chi connectivity index (χ1) is 13.8. The number of nitrogens with zero attached hydrogens (tertiary/aromatic N) is 2. The molecule has 1 aromatic rings. The van der Waals surface area contributed by atoms with Gasteiger partial charge in [-0.2, -0.15) is 0 Å². The zero-order valence-corrected chi connectivity index (χ0v) is 16.8. The van der Waals surface area contributed by atoms with Crippen molar-refractivity contribution in [2.75, 3.05) is 12.4 Å². The fourth-order valence-electron chi connectivity index (χ4n) is 2.93. The average molecular weight is 439 g/mol. The molecule has 0 aromatic carbocycles. The van der Waals surface area contributed by atoms with Crippen LogP contribution in [0.25, 0.3) is 0 Å². The minimum atomic E-state index is -1.31. The van der Waals surface area contributed by atoms with Gasteiger partial charge in [-0.1, -0.05) is 11.2 Å². The Balaban J connectivity index is 1.73. The summed E-state index contributed by atoms with van der Waals surface area (Å²) in [6.07, 6.45) is 0.151. The summed E-state index contributed by atoms with van der Waals surface area (Å²) in [5, 5.41) is 25.8. The van der Waals surface area contributed by atoms with Crippen LogP contribution in [-0.4, -0.2) is 68.4 Å². The van der Waals surface area contributed by atoms with Crippen molar-refractivity contribution in [1.29, 1.82) is 0 Å². The highest BCUT2D eigenvalue weighted by atomic mass is 32.2. The van der Waals surface area contributed by atoms with Crippen LogP contribution in [0.1, 0.15) is 11.8 Å². The van der Waals surface area contributed by atoms with Crippen LogP contribution in [0.5, 0.6) is 0 Å². The van der Waals surface area contributed by atoms with Gasteiger partial charge in [-0.15, -0.1) is 23.1 Å². The summed E-state index contributed by atoms with van der Waals surface area (Å²) < 4.78 is 0. The van der Waals surface area contributed by atoms with Crippen molar-refractivity contribution >= 4 is 52.6 Å². The molecule has 12 heteroatoms. The molecule has 1 aromatic heterocycles. The number of nitrogens with one attached hydrogen (secondary N) is 1. The Morgan fingerprint density at radius 3 is 2.76 bits per heavy atom. The van der Waals surface area contributed by atoms with E-state index < -0.39 is 35.9 Å². The second kappa shape index (κ2) is 8.66. The van der Waals surface area contributed by atoms with Crippen LogP contribution in [0, 0.1) is 0 Å². The number of thioether (sulfide) groups is 1. The predicted molar refractivity (Wildman–Crippen MR) is 104 cm³/mol. The fraction of sp³-hybridized carbons (Fsp3) is 0.353. The number of hydrogen-bond acceptors (Lipinski definition) is 8. The number of hydrogen-bond donors (Lipinski definition) is 3. The summed E-state index contributed by atoms with van der Waals surface area (Å²) in [6, 6.07) is 2.85. The smallest absolute Gasteiger partial charge is 0.353 e. The first-order valence-electron chi connectivity index (χ1n) is 8.41. The molecule has 0 bridgehead atoms. The number of aliphatic carboxylic acids is 2. The van der Waals surface area contributed by atoms with Gasteiger partial charge in [0.05, 0.1) is 12.1 Å². The Labute approximate surface area is 173 Å². The van der Waals surface area contributed by atoms with E-state index in [0.29, 0.717) is 0 Å². The van der Waals surface area contributed by atoms with Gasteiger partial charge >= 0.3 is 11.9 Å². The van der Waals surface area contributed by atoms with Gasteiger partial charge in [0.1, 0.15) is 17.1 Å². The maximum Gasteiger partial charge on any atom is 0.353 e. The molecule has 0 radical (unpaired) electrons. The lowest BCUT2D eigenvalue weighted by Gasteiger charge is -2.49. The summed E-state index contributed by atoms with van der Waals surface area (Å²) >= 11 is 2.73. The van der Waals surface area contributed by atoms with Crippen molar-refractivity contribution in [3.63, 3.8) is 0 Å². The van der Waals surface area contributed by atoms with E-state index in [1.165, 1.54) is 30.0 Å². The SMILES string of the molecule is C/C(=N/OCC(=O)O)C1=C(C(=O)O)N2C(=O)[C@@H](NC(=O)Cc3cccs3)[C@H]2SC1. The van der Waals surface area contributed by atoms with Gasteiger partial charge in [-0.05, 0) is 18.4 Å². The van der Waals surface area contributed by atoms with Gasteiger partial charge in [0, 0.05) is 16.2 Å². The molecule has 1 fully saturated rings. The minimum Gasteiger partial charge on any atom is -0.479 e. The number of oxime groups is 1. The zero-order valence-electron chi connectivity index (χ0n) is 15.2. The summed E-state index contributed by atoms with van der Waals surface area (Å²) in [5.74, 6) is -3.13. The number of thiophene rings is 1. The lowest BCUT2D eigenvalue weighted by atomic mass is 10.0. The molecule has 3 rings (SSSR count). The Kier molecular flexibility index (Phi) is 6.23. The molecule has 1 saturated heterocycles. The second-order valence-corrected chi connectivity index (χ2v) is 8.32. The Hall–Kier alpha value is -2.86. The molecule has 0 spiro atoms. The van der Waals surface area contributed by atoms with Crippen molar-refractivity contribution in [3.05, 3.63) is 33.7 Å². The van der Waals surface area contributed by atoms with E-state index in [9.17, 15) is 24.3 Å². The van der Waals surface area contributed by atoms with E-state index in [-0.39, 0.29) is 35.1 Å². The van der Waals surface area contributed by atoms with Gasteiger partial charge in [0.25, 0.3) is 5.91 Å². The van der Waals surface area contributed by atoms with E-state index in [1.54, 1.807) is 0 Å². The molecular weight excluding hydrogens is 422 g/mol. The van der Waals surface area contributed by atoms with Crippen LogP contribution in [0.15, 0.2) is 33.9 Å². The summed E-state index contributed by atoms with van der Waals surface area (Å²) in [6.45, 7) is 0.815. The predicted octanol–water partition coefficient (Wildman–Crippen LogP) is 0.506. The van der Waals surface area contributed by atoms with Gasteiger partial charge < -0.3 is 20.4 Å². The van der Waals surface area contributed by atoms with E-state index in [0.717, 1.165) is 9.78 Å². The lowest BCUT2D eigenvalue weighted by molar-refractivity contribution is -0.150. The molecule has 2 atom stereocenters. The molecule has 3 heterocycles. The molecule has 2 aliphatic heterocycles. The van der Waals surface area contributed by atoms with Gasteiger partial charge in [0.15, 0.2) is 0 Å². The maximum atomic E-state index is 12.6. The Bertz CT molecular complexity index is 910. The Morgan fingerprint density at radius 1 is 1.38 bits per heavy atom. The van der Waals surface area contributed by atoms with Gasteiger partial charge in [-0.3, -0.25) is 14.5 Å². The van der Waals surface area contributed by atoms with Crippen molar-refractivity contribution in [2.24, 2.45) is 5.16 Å². The number of fused-ring (bicyclic) bond motifs is 1. The van der Waals surface area contributed by atoms with Crippen molar-refractivity contribution < 1.29 is 34.2 Å². The van der Waals surface area contributed by atoms with Crippen LogP contribution in [0.2, 0.25) is 0 Å². The standard InChI is InChI=1S/C17H17N3O7S2/c1-8(19-27-6-12(22)23)10-7-29-16-13(15(24)20(16)14(10)17(25)26)18-11(21)5-9-3-2-4-28-9/h2-4,13,16H,5-7H2,1H3,(H,18,21)(H,22,23)(H,25,26)/b19-8-/t13-,16-/m1/s1. The minimum absolute atomic E-state index is 0.151. The van der Waals surface area contributed by atoms with Crippen molar-refractivity contribution in [3.8, 4) is 0 Å². The number of β-lactam (4-membered cyclic amide) rings is 1. The molecule has 3 N–H and O–H groups in total. The third kappa shape index (κ3) is 4.43. The first kappa shape index (κ1) is 20.9. The van der Waals surface area contributed by atoms with Crippen LogP contribution < -0.4 is 5.32 Å². The average Bonchev–Trinajstić information content (AvgIpc) is 3.17. The topological polar surface area (TPSA) is 146 Å². The van der Waals surface area contributed by atoms with Gasteiger partial charge in [-0.25, -0.2) is 9.59 Å². The summed E-state index contributed by atoms with van der Waals surface area (Å²) in [7, 11) is 0. The number of carbonyl (C=O) groups excluding carboxylic acids is 2. The zero-order chi connectivity index (χ0) is 21.1. The molecule has 154 valence electrons.